The Kier molecular flexibility index (Phi) is 4.26. The number of halogens is 1. The molecule has 0 spiro atoms. The molecule has 0 radical (unpaired) electrons. The van der Waals surface area contributed by atoms with Crippen molar-refractivity contribution in [2.45, 2.75) is 6.92 Å². The summed E-state index contributed by atoms with van der Waals surface area (Å²) >= 11 is 6.07. The third kappa shape index (κ3) is 3.33. The van der Waals surface area contributed by atoms with Crippen LogP contribution in [0.15, 0.2) is 40.9 Å². The predicted molar refractivity (Wildman–Crippen MR) is 87.0 cm³/mol. The Balaban J connectivity index is 1.91. The molecule has 5 nitrogen and oxygen atoms in total. The molecule has 0 fully saturated rings. The number of benzene rings is 1. The number of aromatic nitrogens is 3. The molecule has 0 atom stereocenters. The summed E-state index contributed by atoms with van der Waals surface area (Å²) in [5, 5.41) is 8.56. The van der Waals surface area contributed by atoms with Crippen molar-refractivity contribution in [2.24, 2.45) is 0 Å². The third-order valence-electron chi connectivity index (χ3n) is 3.07. The summed E-state index contributed by atoms with van der Waals surface area (Å²) in [5.74, 6) is 3.63. The fraction of sp³-hybridized carbons (Fsp3) is 0.118. The molecule has 114 valence electrons. The van der Waals surface area contributed by atoms with E-state index in [1.807, 2.05) is 19.1 Å². The van der Waals surface area contributed by atoms with Crippen LogP contribution in [0.4, 0.5) is 0 Å². The lowest BCUT2D eigenvalue weighted by molar-refractivity contribution is 0.370. The van der Waals surface area contributed by atoms with Gasteiger partial charge in [0.2, 0.25) is 11.8 Å². The largest absolute Gasteiger partial charge is 0.479 e. The van der Waals surface area contributed by atoms with E-state index in [0.29, 0.717) is 28.1 Å². The molecule has 3 rings (SSSR count). The summed E-state index contributed by atoms with van der Waals surface area (Å²) in [6.07, 6.45) is 6.88. The SMILES string of the molecule is C#CCOc1cc(-c2nnc(-c3ccc(C)nc3)o2)ccc1Cl. The van der Waals surface area contributed by atoms with Crippen molar-refractivity contribution in [1.29, 1.82) is 0 Å². The van der Waals surface area contributed by atoms with Crippen LogP contribution in [0.1, 0.15) is 5.69 Å². The van der Waals surface area contributed by atoms with E-state index in [0.717, 1.165) is 11.3 Å². The molecule has 6 heteroatoms. The van der Waals surface area contributed by atoms with Crippen molar-refractivity contribution in [3.05, 3.63) is 47.2 Å². The second kappa shape index (κ2) is 6.51. The van der Waals surface area contributed by atoms with Crippen LogP contribution in [0.3, 0.4) is 0 Å². The molecule has 0 aliphatic carbocycles. The maximum Gasteiger partial charge on any atom is 0.249 e. The number of aryl methyl sites for hydroxylation is 1. The molecule has 3 aromatic rings. The van der Waals surface area contributed by atoms with Gasteiger partial charge in [-0.05, 0) is 37.3 Å². The second-order valence-corrected chi connectivity index (χ2v) is 5.15. The van der Waals surface area contributed by atoms with Crippen LogP contribution in [-0.2, 0) is 0 Å². The first-order valence-corrected chi connectivity index (χ1v) is 7.18. The van der Waals surface area contributed by atoms with Crippen molar-refractivity contribution in [3.63, 3.8) is 0 Å². The number of nitrogens with zero attached hydrogens (tertiary/aromatic N) is 3. The molecular weight excluding hydrogens is 314 g/mol. The van der Waals surface area contributed by atoms with E-state index in [1.54, 1.807) is 24.4 Å². The highest BCUT2D eigenvalue weighted by Gasteiger charge is 2.13. The van der Waals surface area contributed by atoms with Gasteiger partial charge in [0.25, 0.3) is 0 Å². The molecule has 2 aromatic heterocycles. The van der Waals surface area contributed by atoms with Gasteiger partial charge in [-0.1, -0.05) is 17.5 Å². The maximum absolute atomic E-state index is 6.07. The first-order chi connectivity index (χ1) is 11.2. The van der Waals surface area contributed by atoms with E-state index in [1.165, 1.54) is 0 Å². The van der Waals surface area contributed by atoms with Gasteiger partial charge < -0.3 is 9.15 Å². The van der Waals surface area contributed by atoms with Gasteiger partial charge in [0.15, 0.2) is 0 Å². The minimum atomic E-state index is 0.132. The lowest BCUT2D eigenvalue weighted by Crippen LogP contribution is -1.94. The van der Waals surface area contributed by atoms with Crippen molar-refractivity contribution in [1.82, 2.24) is 15.2 Å². The Morgan fingerprint density at radius 2 is 1.91 bits per heavy atom. The first kappa shape index (κ1) is 15.1. The van der Waals surface area contributed by atoms with Gasteiger partial charge in [-0.15, -0.1) is 16.6 Å². The van der Waals surface area contributed by atoms with Gasteiger partial charge in [-0.2, -0.15) is 0 Å². The molecule has 0 N–H and O–H groups in total. The Morgan fingerprint density at radius 3 is 2.61 bits per heavy atom. The fourth-order valence-corrected chi connectivity index (χ4v) is 2.09. The fourth-order valence-electron chi connectivity index (χ4n) is 1.92. The zero-order valence-electron chi connectivity index (χ0n) is 12.3. The van der Waals surface area contributed by atoms with Gasteiger partial charge in [-0.3, -0.25) is 4.98 Å². The van der Waals surface area contributed by atoms with Gasteiger partial charge in [0.1, 0.15) is 12.4 Å². The number of ether oxygens (including phenoxy) is 1. The summed E-state index contributed by atoms with van der Waals surface area (Å²) in [6.45, 7) is 2.04. The molecule has 2 heterocycles. The number of pyridine rings is 1. The Hall–Kier alpha value is -2.84. The van der Waals surface area contributed by atoms with Gasteiger partial charge in [0.05, 0.1) is 10.6 Å². The maximum atomic E-state index is 6.07. The smallest absolute Gasteiger partial charge is 0.249 e. The van der Waals surface area contributed by atoms with Gasteiger partial charge in [-0.25, -0.2) is 0 Å². The molecule has 0 aliphatic heterocycles. The topological polar surface area (TPSA) is 61.0 Å². The lowest BCUT2D eigenvalue weighted by atomic mass is 10.2. The molecule has 1 aromatic carbocycles. The first-order valence-electron chi connectivity index (χ1n) is 6.80. The highest BCUT2D eigenvalue weighted by Crippen LogP contribution is 2.31. The van der Waals surface area contributed by atoms with E-state index < -0.39 is 0 Å². The average Bonchev–Trinajstić information content (AvgIpc) is 3.05. The van der Waals surface area contributed by atoms with Crippen LogP contribution in [0.2, 0.25) is 5.02 Å². The Labute approximate surface area is 138 Å². The third-order valence-corrected chi connectivity index (χ3v) is 3.38. The highest BCUT2D eigenvalue weighted by molar-refractivity contribution is 6.32. The quantitative estimate of drug-likeness (QED) is 0.683. The molecule has 0 bridgehead atoms. The van der Waals surface area contributed by atoms with Crippen molar-refractivity contribution < 1.29 is 9.15 Å². The van der Waals surface area contributed by atoms with Crippen molar-refractivity contribution in [3.8, 4) is 41.0 Å². The average molecular weight is 326 g/mol. The van der Waals surface area contributed by atoms with Crippen LogP contribution in [0.5, 0.6) is 5.75 Å². The number of hydrogen-bond donors (Lipinski definition) is 0. The van der Waals surface area contributed by atoms with Crippen molar-refractivity contribution >= 4 is 11.6 Å². The van der Waals surface area contributed by atoms with E-state index >= 15 is 0 Å². The molecule has 0 amide bonds. The molecule has 0 saturated carbocycles. The minimum Gasteiger partial charge on any atom is -0.479 e. The zero-order chi connectivity index (χ0) is 16.2. The summed E-state index contributed by atoms with van der Waals surface area (Å²) in [5.41, 5.74) is 2.37. The van der Waals surface area contributed by atoms with E-state index in [-0.39, 0.29) is 6.61 Å². The summed E-state index contributed by atoms with van der Waals surface area (Å²) in [7, 11) is 0. The highest BCUT2D eigenvalue weighted by atomic mass is 35.5. The van der Waals surface area contributed by atoms with Gasteiger partial charge in [0, 0.05) is 17.5 Å². The van der Waals surface area contributed by atoms with Crippen LogP contribution in [0, 0.1) is 19.3 Å². The van der Waals surface area contributed by atoms with E-state index in [2.05, 4.69) is 21.1 Å². The molecule has 0 aliphatic rings. The van der Waals surface area contributed by atoms with Crippen molar-refractivity contribution in [2.75, 3.05) is 6.61 Å². The van der Waals surface area contributed by atoms with Crippen LogP contribution in [-0.4, -0.2) is 21.8 Å². The minimum absolute atomic E-state index is 0.132. The van der Waals surface area contributed by atoms with E-state index in [4.69, 9.17) is 27.2 Å². The Bertz CT molecular complexity index is 866. The van der Waals surface area contributed by atoms with Crippen LogP contribution >= 0.6 is 11.6 Å². The lowest BCUT2D eigenvalue weighted by Gasteiger charge is -2.05. The van der Waals surface area contributed by atoms with E-state index in [9.17, 15) is 0 Å². The predicted octanol–water partition coefficient (Wildman–Crippen LogP) is 3.77. The summed E-state index contributed by atoms with van der Waals surface area (Å²) < 4.78 is 11.1. The van der Waals surface area contributed by atoms with Crippen LogP contribution in [0.25, 0.3) is 22.9 Å². The standard InChI is InChI=1S/C17H12ClN3O2/c1-3-8-22-15-9-12(6-7-14(15)18)16-20-21-17(23-16)13-5-4-11(2)19-10-13/h1,4-7,9-10H,8H2,2H3. The number of rotatable bonds is 4. The summed E-state index contributed by atoms with van der Waals surface area (Å²) in [6, 6.07) is 8.94. The number of hydrogen-bond acceptors (Lipinski definition) is 5. The summed E-state index contributed by atoms with van der Waals surface area (Å²) in [4.78, 5) is 4.21. The zero-order valence-corrected chi connectivity index (χ0v) is 13.0. The molecule has 0 unspecified atom stereocenters. The number of terminal acetylenes is 1. The van der Waals surface area contributed by atoms with Gasteiger partial charge >= 0.3 is 0 Å². The molecular formula is C17H12ClN3O2. The molecule has 0 saturated heterocycles. The van der Waals surface area contributed by atoms with Crippen LogP contribution < -0.4 is 4.74 Å². The monoisotopic (exact) mass is 325 g/mol. The molecule has 23 heavy (non-hydrogen) atoms. The second-order valence-electron chi connectivity index (χ2n) is 4.74. The normalized spacial score (nSPS) is 10.3. The Morgan fingerprint density at radius 1 is 1.17 bits per heavy atom.